The van der Waals surface area contributed by atoms with Gasteiger partial charge in [0.2, 0.25) is 5.91 Å². The first-order valence-corrected chi connectivity index (χ1v) is 5.84. The Labute approximate surface area is 90.9 Å². The number of hydrogen-bond acceptors (Lipinski definition) is 3. The molecule has 2 aliphatic rings. The Kier molecular flexibility index (Phi) is 3.26. The number of carbonyl (C=O) groups is 1. The number of piperidine rings is 2. The van der Waals surface area contributed by atoms with E-state index in [1.165, 1.54) is 0 Å². The van der Waals surface area contributed by atoms with Crippen molar-refractivity contribution < 1.29 is 9.90 Å². The largest absolute Gasteiger partial charge is 0.391 e. The van der Waals surface area contributed by atoms with Crippen molar-refractivity contribution in [1.29, 1.82) is 0 Å². The molecular weight excluding hydrogens is 192 g/mol. The van der Waals surface area contributed by atoms with Gasteiger partial charge in [-0.15, -0.1) is 0 Å². The maximum atomic E-state index is 11.7. The maximum absolute atomic E-state index is 11.7. The molecule has 2 saturated heterocycles. The number of hydrogen-bond donors (Lipinski definition) is 1. The molecule has 86 valence electrons. The Bertz CT molecular complexity index is 245. The number of aliphatic hydroxyl groups excluding tert-OH is 1. The number of likely N-dealkylation sites (tertiary alicyclic amines) is 2. The molecule has 2 atom stereocenters. The molecule has 0 aromatic rings. The lowest BCUT2D eigenvalue weighted by Gasteiger charge is -2.42. The van der Waals surface area contributed by atoms with Gasteiger partial charge in [0, 0.05) is 26.1 Å². The molecule has 2 rings (SSSR count). The van der Waals surface area contributed by atoms with E-state index in [1.54, 1.807) is 0 Å². The second-order valence-corrected chi connectivity index (χ2v) is 4.73. The lowest BCUT2D eigenvalue weighted by molar-refractivity contribution is -0.140. The van der Waals surface area contributed by atoms with Gasteiger partial charge in [0.1, 0.15) is 0 Å². The van der Waals surface area contributed by atoms with Crippen LogP contribution in [0.2, 0.25) is 0 Å². The van der Waals surface area contributed by atoms with Gasteiger partial charge in [0.05, 0.1) is 12.1 Å². The average molecular weight is 212 g/mol. The van der Waals surface area contributed by atoms with Crippen LogP contribution in [-0.4, -0.2) is 59.6 Å². The van der Waals surface area contributed by atoms with Crippen molar-refractivity contribution in [2.24, 2.45) is 0 Å². The molecule has 0 radical (unpaired) electrons. The Morgan fingerprint density at radius 3 is 2.87 bits per heavy atom. The molecule has 0 bridgehead atoms. The molecule has 4 heteroatoms. The summed E-state index contributed by atoms with van der Waals surface area (Å²) >= 11 is 0. The van der Waals surface area contributed by atoms with Gasteiger partial charge in [0.25, 0.3) is 0 Å². The molecule has 15 heavy (non-hydrogen) atoms. The molecule has 2 heterocycles. The van der Waals surface area contributed by atoms with E-state index in [-0.39, 0.29) is 18.1 Å². The van der Waals surface area contributed by atoms with Gasteiger partial charge in [-0.2, -0.15) is 0 Å². The van der Waals surface area contributed by atoms with Gasteiger partial charge in [0.15, 0.2) is 0 Å². The Hall–Kier alpha value is -0.610. The lowest BCUT2D eigenvalue weighted by Crippen LogP contribution is -2.57. The fraction of sp³-hybridized carbons (Fsp3) is 0.909. The average Bonchev–Trinajstić information content (AvgIpc) is 2.23. The van der Waals surface area contributed by atoms with Crippen LogP contribution < -0.4 is 0 Å². The molecule has 0 saturated carbocycles. The number of aliphatic hydroxyl groups is 1. The Morgan fingerprint density at radius 1 is 1.33 bits per heavy atom. The van der Waals surface area contributed by atoms with Crippen molar-refractivity contribution in [2.75, 3.05) is 26.7 Å². The zero-order valence-corrected chi connectivity index (χ0v) is 9.35. The van der Waals surface area contributed by atoms with Crippen LogP contribution in [0.15, 0.2) is 0 Å². The summed E-state index contributed by atoms with van der Waals surface area (Å²) in [6.07, 6.45) is 3.20. The van der Waals surface area contributed by atoms with E-state index in [0.29, 0.717) is 6.42 Å². The van der Waals surface area contributed by atoms with E-state index in [4.69, 9.17) is 0 Å². The topological polar surface area (TPSA) is 43.8 Å². The van der Waals surface area contributed by atoms with Gasteiger partial charge in [-0.3, -0.25) is 4.79 Å². The van der Waals surface area contributed by atoms with E-state index >= 15 is 0 Å². The van der Waals surface area contributed by atoms with E-state index in [2.05, 4.69) is 4.90 Å². The van der Waals surface area contributed by atoms with Crippen LogP contribution in [0.25, 0.3) is 0 Å². The Morgan fingerprint density at radius 2 is 2.13 bits per heavy atom. The normalized spacial score (nSPS) is 34.5. The van der Waals surface area contributed by atoms with Gasteiger partial charge < -0.3 is 14.9 Å². The van der Waals surface area contributed by atoms with Crippen molar-refractivity contribution in [1.82, 2.24) is 9.80 Å². The molecule has 2 aliphatic heterocycles. The van der Waals surface area contributed by atoms with Crippen molar-refractivity contribution in [2.45, 2.75) is 37.8 Å². The van der Waals surface area contributed by atoms with Crippen LogP contribution in [0.5, 0.6) is 0 Å². The summed E-state index contributed by atoms with van der Waals surface area (Å²) in [5.41, 5.74) is 0. The summed E-state index contributed by atoms with van der Waals surface area (Å²) in [6.45, 7) is 2.57. The fourth-order valence-corrected chi connectivity index (χ4v) is 2.56. The SMILES string of the molecule is CN1CC[C@H](O)[C@@H](N2CCCCC2=O)C1. The van der Waals surface area contributed by atoms with Crippen LogP contribution >= 0.6 is 0 Å². The highest BCUT2D eigenvalue weighted by molar-refractivity contribution is 5.77. The minimum absolute atomic E-state index is 0.0246. The highest BCUT2D eigenvalue weighted by Crippen LogP contribution is 2.20. The van der Waals surface area contributed by atoms with E-state index in [9.17, 15) is 9.90 Å². The van der Waals surface area contributed by atoms with Gasteiger partial charge in [-0.25, -0.2) is 0 Å². The third-order valence-corrected chi connectivity index (χ3v) is 3.51. The molecule has 2 fully saturated rings. The van der Waals surface area contributed by atoms with Crippen LogP contribution in [0.3, 0.4) is 0 Å². The first kappa shape index (κ1) is 10.9. The van der Waals surface area contributed by atoms with Crippen molar-refractivity contribution in [3.63, 3.8) is 0 Å². The number of nitrogens with zero attached hydrogens (tertiary/aromatic N) is 2. The standard InChI is InChI=1S/C11H20N2O2/c1-12-7-5-10(14)9(8-12)13-6-3-2-4-11(13)15/h9-10,14H,2-8H2,1H3/t9-,10-/m0/s1. The van der Waals surface area contributed by atoms with Gasteiger partial charge in [-0.1, -0.05) is 0 Å². The zero-order chi connectivity index (χ0) is 10.8. The Balaban J connectivity index is 2.03. The van der Waals surface area contributed by atoms with E-state index < -0.39 is 0 Å². The molecule has 0 aliphatic carbocycles. The minimum atomic E-state index is -0.330. The third-order valence-electron chi connectivity index (χ3n) is 3.51. The molecule has 0 aromatic heterocycles. The van der Waals surface area contributed by atoms with E-state index in [0.717, 1.165) is 38.9 Å². The monoisotopic (exact) mass is 212 g/mol. The quantitative estimate of drug-likeness (QED) is 0.668. The number of rotatable bonds is 1. The van der Waals surface area contributed by atoms with Crippen molar-refractivity contribution in [3.05, 3.63) is 0 Å². The van der Waals surface area contributed by atoms with Crippen LogP contribution in [0, 0.1) is 0 Å². The highest BCUT2D eigenvalue weighted by atomic mass is 16.3. The van der Waals surface area contributed by atoms with Crippen LogP contribution in [0.1, 0.15) is 25.7 Å². The number of amides is 1. The molecule has 4 nitrogen and oxygen atoms in total. The summed E-state index contributed by atoms with van der Waals surface area (Å²) in [4.78, 5) is 15.8. The summed E-state index contributed by atoms with van der Waals surface area (Å²) in [6, 6.07) is 0.0246. The second kappa shape index (κ2) is 4.49. The van der Waals surface area contributed by atoms with Gasteiger partial charge >= 0.3 is 0 Å². The first-order valence-electron chi connectivity index (χ1n) is 5.84. The first-order chi connectivity index (χ1) is 7.18. The molecule has 1 amide bonds. The van der Waals surface area contributed by atoms with Crippen LogP contribution in [-0.2, 0) is 4.79 Å². The predicted molar refractivity (Wildman–Crippen MR) is 57.5 cm³/mol. The summed E-state index contributed by atoms with van der Waals surface area (Å²) in [5, 5.41) is 9.94. The number of carbonyl (C=O) groups excluding carboxylic acids is 1. The summed E-state index contributed by atoms with van der Waals surface area (Å²) < 4.78 is 0. The predicted octanol–water partition coefficient (Wildman–Crippen LogP) is 0.0639. The molecule has 0 spiro atoms. The minimum Gasteiger partial charge on any atom is -0.391 e. The molecular formula is C11H20N2O2. The highest BCUT2D eigenvalue weighted by Gasteiger charge is 2.34. The summed E-state index contributed by atoms with van der Waals surface area (Å²) in [5.74, 6) is 0.223. The molecule has 0 unspecified atom stereocenters. The zero-order valence-electron chi connectivity index (χ0n) is 9.35. The molecule has 0 aromatic carbocycles. The van der Waals surface area contributed by atoms with Gasteiger partial charge in [-0.05, 0) is 26.3 Å². The van der Waals surface area contributed by atoms with E-state index in [1.807, 2.05) is 11.9 Å². The van der Waals surface area contributed by atoms with Crippen molar-refractivity contribution in [3.8, 4) is 0 Å². The lowest BCUT2D eigenvalue weighted by atomic mass is 9.98. The maximum Gasteiger partial charge on any atom is 0.222 e. The van der Waals surface area contributed by atoms with Crippen molar-refractivity contribution >= 4 is 5.91 Å². The smallest absolute Gasteiger partial charge is 0.222 e. The number of likely N-dealkylation sites (N-methyl/N-ethyl adjacent to an activating group) is 1. The van der Waals surface area contributed by atoms with Crippen LogP contribution in [0.4, 0.5) is 0 Å². The third kappa shape index (κ3) is 2.32. The fourth-order valence-electron chi connectivity index (χ4n) is 2.56. The second-order valence-electron chi connectivity index (χ2n) is 4.73. The summed E-state index contributed by atoms with van der Waals surface area (Å²) in [7, 11) is 2.05. The molecule has 1 N–H and O–H groups in total.